The van der Waals surface area contributed by atoms with E-state index < -0.39 is 0 Å². The molecule has 84 valence electrons. The van der Waals surface area contributed by atoms with Gasteiger partial charge in [0.2, 0.25) is 0 Å². The summed E-state index contributed by atoms with van der Waals surface area (Å²) in [7, 11) is 0. The second-order valence-corrected chi connectivity index (χ2v) is 6.49. The molecule has 0 amide bonds. The van der Waals surface area contributed by atoms with Crippen LogP contribution in [-0.4, -0.2) is 12.1 Å². The summed E-state index contributed by atoms with van der Waals surface area (Å²) in [6, 6.07) is 0. The Labute approximate surface area is 94.4 Å². The predicted octanol–water partition coefficient (Wildman–Crippen LogP) is 3.38. The molecule has 1 nitrogen and oxygen atoms in total. The minimum Gasteiger partial charge on any atom is -0.311 e. The Morgan fingerprint density at radius 2 is 1.71 bits per heavy atom. The second kappa shape index (κ2) is 3.38. The van der Waals surface area contributed by atoms with E-state index in [1.54, 1.807) is 0 Å². The Morgan fingerprint density at radius 3 is 2.29 bits per heavy atom. The summed E-state index contributed by atoms with van der Waals surface area (Å²) in [5.74, 6) is 0. The zero-order valence-corrected chi connectivity index (χ0v) is 10.8. The van der Waals surface area contributed by atoms with Gasteiger partial charge in [0.1, 0.15) is 0 Å². The van der Waals surface area contributed by atoms with Gasteiger partial charge in [-0.1, -0.05) is 27.7 Å². The summed E-state index contributed by atoms with van der Waals surface area (Å²) < 4.78 is 0. The average Bonchev–Trinajstić information content (AvgIpc) is 2.22. The van der Waals surface area contributed by atoms with Gasteiger partial charge in [-0.2, -0.15) is 0 Å². The second-order valence-electron chi connectivity index (χ2n) is 6.49. The third kappa shape index (κ3) is 1.94. The SMILES string of the molecule is CCC12CC(C)(C)CC(C)(CN1)C2.Cl. The fourth-order valence-corrected chi connectivity index (χ4v) is 4.10. The van der Waals surface area contributed by atoms with Gasteiger partial charge in [-0.15, -0.1) is 12.4 Å². The number of nitrogens with one attached hydrogen (secondary N) is 1. The van der Waals surface area contributed by atoms with Crippen LogP contribution in [0.4, 0.5) is 0 Å². The van der Waals surface area contributed by atoms with Crippen molar-refractivity contribution in [2.75, 3.05) is 6.54 Å². The highest BCUT2D eigenvalue weighted by Crippen LogP contribution is 2.54. The van der Waals surface area contributed by atoms with Crippen molar-refractivity contribution in [3.05, 3.63) is 0 Å². The molecule has 0 aromatic rings. The summed E-state index contributed by atoms with van der Waals surface area (Å²) in [4.78, 5) is 0. The predicted molar refractivity (Wildman–Crippen MR) is 64.0 cm³/mol. The molecule has 0 aromatic carbocycles. The number of halogens is 1. The third-order valence-electron chi connectivity index (χ3n) is 4.05. The van der Waals surface area contributed by atoms with Crippen LogP contribution in [-0.2, 0) is 0 Å². The van der Waals surface area contributed by atoms with Crippen molar-refractivity contribution in [3.8, 4) is 0 Å². The molecule has 2 fully saturated rings. The van der Waals surface area contributed by atoms with E-state index in [9.17, 15) is 0 Å². The van der Waals surface area contributed by atoms with Crippen molar-refractivity contribution in [1.82, 2.24) is 5.32 Å². The normalized spacial score (nSPS) is 44.6. The number of fused-ring (bicyclic) bond motifs is 2. The summed E-state index contributed by atoms with van der Waals surface area (Å²) >= 11 is 0. The highest BCUT2D eigenvalue weighted by Gasteiger charge is 2.52. The molecule has 1 aliphatic carbocycles. The largest absolute Gasteiger partial charge is 0.311 e. The Bertz CT molecular complexity index is 226. The van der Waals surface area contributed by atoms with E-state index in [0.717, 1.165) is 0 Å². The zero-order chi connectivity index (χ0) is 9.74. The molecule has 1 aliphatic heterocycles. The lowest BCUT2D eigenvalue weighted by molar-refractivity contribution is 0.0879. The number of rotatable bonds is 1. The molecule has 2 rings (SSSR count). The monoisotopic (exact) mass is 217 g/mol. The smallest absolute Gasteiger partial charge is 0.0189 e. The van der Waals surface area contributed by atoms with Crippen molar-refractivity contribution in [2.24, 2.45) is 10.8 Å². The van der Waals surface area contributed by atoms with E-state index in [1.165, 1.54) is 32.2 Å². The lowest BCUT2D eigenvalue weighted by Gasteiger charge is -2.45. The van der Waals surface area contributed by atoms with Crippen LogP contribution in [0.1, 0.15) is 53.4 Å². The molecule has 1 heterocycles. The van der Waals surface area contributed by atoms with Crippen LogP contribution in [0.2, 0.25) is 0 Å². The molecule has 2 atom stereocenters. The van der Waals surface area contributed by atoms with Gasteiger partial charge >= 0.3 is 0 Å². The summed E-state index contributed by atoms with van der Waals surface area (Å²) in [6.07, 6.45) is 5.47. The molecule has 2 aliphatic rings. The quantitative estimate of drug-likeness (QED) is 0.710. The Hall–Kier alpha value is 0.250. The maximum absolute atomic E-state index is 3.78. The Balaban J connectivity index is 0.000000980. The van der Waals surface area contributed by atoms with Crippen LogP contribution < -0.4 is 5.32 Å². The molecule has 2 bridgehead atoms. The molecular formula is C12H24ClN. The van der Waals surface area contributed by atoms with Gasteiger partial charge in [-0.3, -0.25) is 0 Å². The van der Waals surface area contributed by atoms with Gasteiger partial charge in [0, 0.05) is 12.1 Å². The first-order valence-electron chi connectivity index (χ1n) is 5.64. The van der Waals surface area contributed by atoms with Crippen LogP contribution in [0, 0.1) is 10.8 Å². The van der Waals surface area contributed by atoms with E-state index in [1.807, 2.05) is 0 Å². The van der Waals surface area contributed by atoms with Crippen LogP contribution in [0.15, 0.2) is 0 Å². The van der Waals surface area contributed by atoms with Crippen molar-refractivity contribution in [2.45, 2.75) is 58.9 Å². The van der Waals surface area contributed by atoms with Crippen molar-refractivity contribution >= 4 is 12.4 Å². The van der Waals surface area contributed by atoms with Crippen LogP contribution >= 0.6 is 12.4 Å². The van der Waals surface area contributed by atoms with E-state index in [2.05, 4.69) is 33.0 Å². The topological polar surface area (TPSA) is 12.0 Å². The lowest BCUT2D eigenvalue weighted by Crippen LogP contribution is -2.45. The van der Waals surface area contributed by atoms with Gasteiger partial charge in [-0.05, 0) is 36.5 Å². The zero-order valence-electron chi connectivity index (χ0n) is 9.94. The summed E-state index contributed by atoms with van der Waals surface area (Å²) in [5, 5.41) is 3.78. The molecule has 0 radical (unpaired) electrons. The number of hydrogen-bond donors (Lipinski definition) is 1. The van der Waals surface area contributed by atoms with Crippen LogP contribution in [0.5, 0.6) is 0 Å². The highest BCUT2D eigenvalue weighted by molar-refractivity contribution is 5.85. The maximum atomic E-state index is 3.78. The molecule has 0 aromatic heterocycles. The fraction of sp³-hybridized carbons (Fsp3) is 1.00. The first-order valence-corrected chi connectivity index (χ1v) is 5.64. The van der Waals surface area contributed by atoms with Crippen molar-refractivity contribution in [3.63, 3.8) is 0 Å². The van der Waals surface area contributed by atoms with Crippen molar-refractivity contribution in [1.29, 1.82) is 0 Å². The molecule has 14 heavy (non-hydrogen) atoms. The standard InChI is InChI=1S/C12H23N.ClH/c1-5-12-7-10(2,3)6-11(4,8-12)9-13-12;/h13H,5-9H2,1-4H3;1H. The van der Waals surface area contributed by atoms with Gasteiger partial charge in [0.25, 0.3) is 0 Å². The van der Waals surface area contributed by atoms with E-state index >= 15 is 0 Å². The third-order valence-corrected chi connectivity index (χ3v) is 4.05. The Morgan fingerprint density at radius 1 is 1.07 bits per heavy atom. The van der Waals surface area contributed by atoms with E-state index in [4.69, 9.17) is 0 Å². The highest BCUT2D eigenvalue weighted by atomic mass is 35.5. The summed E-state index contributed by atoms with van der Waals surface area (Å²) in [5.41, 5.74) is 1.61. The molecule has 1 N–H and O–H groups in total. The van der Waals surface area contributed by atoms with Crippen LogP contribution in [0.3, 0.4) is 0 Å². The lowest BCUT2D eigenvalue weighted by atomic mass is 9.60. The summed E-state index contributed by atoms with van der Waals surface area (Å²) in [6.45, 7) is 10.9. The van der Waals surface area contributed by atoms with E-state index in [0.29, 0.717) is 16.4 Å². The number of hydrogen-bond acceptors (Lipinski definition) is 1. The molecule has 2 heteroatoms. The van der Waals surface area contributed by atoms with Gasteiger partial charge in [-0.25, -0.2) is 0 Å². The molecule has 2 unspecified atom stereocenters. The minimum absolute atomic E-state index is 0. The van der Waals surface area contributed by atoms with Crippen molar-refractivity contribution < 1.29 is 0 Å². The molecule has 0 spiro atoms. The van der Waals surface area contributed by atoms with Crippen LogP contribution in [0.25, 0.3) is 0 Å². The van der Waals surface area contributed by atoms with Gasteiger partial charge in [0.15, 0.2) is 0 Å². The average molecular weight is 218 g/mol. The van der Waals surface area contributed by atoms with E-state index in [-0.39, 0.29) is 12.4 Å². The van der Waals surface area contributed by atoms with Gasteiger partial charge < -0.3 is 5.32 Å². The Kier molecular flexibility index (Phi) is 2.98. The molecule has 1 saturated carbocycles. The molecule has 1 saturated heterocycles. The first kappa shape index (κ1) is 12.3. The van der Waals surface area contributed by atoms with Gasteiger partial charge in [0.05, 0.1) is 0 Å². The maximum Gasteiger partial charge on any atom is 0.0189 e. The molecular weight excluding hydrogens is 194 g/mol. The first-order chi connectivity index (χ1) is 5.89. The minimum atomic E-state index is 0. The fourth-order valence-electron chi connectivity index (χ4n) is 4.10.